The van der Waals surface area contributed by atoms with Crippen LogP contribution in [-0.4, -0.2) is 57.7 Å². The Morgan fingerprint density at radius 1 is 1.38 bits per heavy atom. The zero-order valence-electron chi connectivity index (χ0n) is 14.2. The Bertz CT molecular complexity index is 688. The van der Waals surface area contributed by atoms with Crippen LogP contribution in [0.4, 0.5) is 5.69 Å². The van der Waals surface area contributed by atoms with Gasteiger partial charge in [-0.3, -0.25) is 9.10 Å². The molecule has 1 fully saturated rings. The molecule has 134 valence electrons. The Labute approximate surface area is 148 Å². The summed E-state index contributed by atoms with van der Waals surface area (Å²) in [5.41, 5.74) is 0.385. The summed E-state index contributed by atoms with van der Waals surface area (Å²) in [5, 5.41) is 3.39. The SMILES string of the molecule is C[C@H](C(=O)NC1CCN(C)CC1)N(c1cccc(Cl)c1)S(C)(=O)=O. The van der Waals surface area contributed by atoms with Gasteiger partial charge in [-0.25, -0.2) is 8.42 Å². The highest BCUT2D eigenvalue weighted by Gasteiger charge is 2.30. The van der Waals surface area contributed by atoms with Crippen molar-refractivity contribution in [3.63, 3.8) is 0 Å². The van der Waals surface area contributed by atoms with Crippen molar-refractivity contribution in [1.82, 2.24) is 10.2 Å². The molecule has 0 unspecified atom stereocenters. The van der Waals surface area contributed by atoms with Crippen LogP contribution in [-0.2, 0) is 14.8 Å². The van der Waals surface area contributed by atoms with E-state index in [-0.39, 0.29) is 11.9 Å². The normalized spacial score (nSPS) is 18.2. The highest BCUT2D eigenvalue weighted by atomic mass is 35.5. The van der Waals surface area contributed by atoms with E-state index in [1.807, 2.05) is 7.05 Å². The Balaban J connectivity index is 2.16. The van der Waals surface area contributed by atoms with Gasteiger partial charge < -0.3 is 10.2 Å². The third-order valence-corrected chi connectivity index (χ3v) is 5.69. The zero-order chi connectivity index (χ0) is 17.9. The number of sulfonamides is 1. The van der Waals surface area contributed by atoms with Gasteiger partial charge >= 0.3 is 0 Å². The molecule has 1 aromatic carbocycles. The number of piperidine rings is 1. The Kier molecular flexibility index (Phi) is 6.11. The van der Waals surface area contributed by atoms with Crippen molar-refractivity contribution >= 4 is 33.2 Å². The molecule has 1 N–H and O–H groups in total. The van der Waals surface area contributed by atoms with Crippen molar-refractivity contribution in [2.75, 3.05) is 30.7 Å². The monoisotopic (exact) mass is 373 g/mol. The van der Waals surface area contributed by atoms with Gasteiger partial charge in [-0.2, -0.15) is 0 Å². The molecule has 1 amide bonds. The Morgan fingerprint density at radius 2 is 2.00 bits per heavy atom. The van der Waals surface area contributed by atoms with Crippen molar-refractivity contribution < 1.29 is 13.2 Å². The zero-order valence-corrected chi connectivity index (χ0v) is 15.8. The first-order valence-corrected chi connectivity index (χ1v) is 10.1. The molecule has 1 aliphatic rings. The van der Waals surface area contributed by atoms with Crippen molar-refractivity contribution in [3.05, 3.63) is 29.3 Å². The van der Waals surface area contributed by atoms with Gasteiger partial charge in [0.25, 0.3) is 0 Å². The van der Waals surface area contributed by atoms with Crippen molar-refractivity contribution in [2.45, 2.75) is 31.8 Å². The minimum Gasteiger partial charge on any atom is -0.351 e. The fraction of sp³-hybridized carbons (Fsp3) is 0.562. The third kappa shape index (κ3) is 4.84. The van der Waals surface area contributed by atoms with E-state index in [1.165, 1.54) is 0 Å². The van der Waals surface area contributed by atoms with Crippen LogP contribution in [0.1, 0.15) is 19.8 Å². The Morgan fingerprint density at radius 3 is 2.54 bits per heavy atom. The molecule has 1 atom stereocenters. The van der Waals surface area contributed by atoms with E-state index >= 15 is 0 Å². The molecule has 1 saturated heterocycles. The molecule has 1 aromatic rings. The van der Waals surface area contributed by atoms with Crippen molar-refractivity contribution in [2.24, 2.45) is 0 Å². The molecule has 6 nitrogen and oxygen atoms in total. The number of carbonyl (C=O) groups excluding carboxylic acids is 1. The van der Waals surface area contributed by atoms with E-state index in [0.717, 1.165) is 36.5 Å². The highest BCUT2D eigenvalue weighted by Crippen LogP contribution is 2.24. The van der Waals surface area contributed by atoms with E-state index in [1.54, 1.807) is 31.2 Å². The lowest BCUT2D eigenvalue weighted by Crippen LogP contribution is -2.52. The van der Waals surface area contributed by atoms with E-state index < -0.39 is 16.1 Å². The van der Waals surface area contributed by atoms with Gasteiger partial charge in [0, 0.05) is 11.1 Å². The number of nitrogens with zero attached hydrogens (tertiary/aromatic N) is 2. The van der Waals surface area contributed by atoms with Crippen LogP contribution in [0.25, 0.3) is 0 Å². The van der Waals surface area contributed by atoms with Crippen LogP contribution in [0.5, 0.6) is 0 Å². The second-order valence-electron chi connectivity index (χ2n) is 6.30. The van der Waals surface area contributed by atoms with Crippen LogP contribution >= 0.6 is 11.6 Å². The largest absolute Gasteiger partial charge is 0.351 e. The molecule has 2 rings (SSSR count). The second-order valence-corrected chi connectivity index (χ2v) is 8.60. The molecule has 1 heterocycles. The van der Waals surface area contributed by atoms with Crippen LogP contribution < -0.4 is 9.62 Å². The van der Waals surface area contributed by atoms with Crippen LogP contribution in [0.3, 0.4) is 0 Å². The lowest BCUT2D eigenvalue weighted by atomic mass is 10.1. The summed E-state index contributed by atoms with van der Waals surface area (Å²) in [5.74, 6) is -0.296. The lowest BCUT2D eigenvalue weighted by molar-refractivity contribution is -0.122. The number of halogens is 1. The maximum Gasteiger partial charge on any atom is 0.243 e. The number of hydrogen-bond acceptors (Lipinski definition) is 4. The summed E-state index contributed by atoms with van der Waals surface area (Å²) in [4.78, 5) is 14.8. The number of nitrogens with one attached hydrogen (secondary N) is 1. The van der Waals surface area contributed by atoms with Crippen molar-refractivity contribution in [3.8, 4) is 0 Å². The molecule has 0 saturated carbocycles. The summed E-state index contributed by atoms with van der Waals surface area (Å²) in [6.45, 7) is 3.43. The summed E-state index contributed by atoms with van der Waals surface area (Å²) in [7, 11) is -1.58. The van der Waals surface area contributed by atoms with Gasteiger partial charge in [0.1, 0.15) is 6.04 Å². The second kappa shape index (κ2) is 7.72. The average molecular weight is 374 g/mol. The molecule has 8 heteroatoms. The first kappa shape index (κ1) is 19.0. The molecule has 1 aliphatic heterocycles. The topological polar surface area (TPSA) is 69.7 Å². The molecule has 0 radical (unpaired) electrons. The summed E-state index contributed by atoms with van der Waals surface area (Å²) < 4.78 is 25.6. The number of rotatable bonds is 5. The lowest BCUT2D eigenvalue weighted by Gasteiger charge is -2.33. The number of benzene rings is 1. The predicted octanol–water partition coefficient (Wildman–Crippen LogP) is 1.70. The van der Waals surface area contributed by atoms with E-state index in [0.29, 0.717) is 10.7 Å². The predicted molar refractivity (Wildman–Crippen MR) is 96.9 cm³/mol. The molecule has 0 bridgehead atoms. The van der Waals surface area contributed by atoms with Gasteiger partial charge in [-0.15, -0.1) is 0 Å². The third-order valence-electron chi connectivity index (χ3n) is 4.22. The molecular formula is C16H24ClN3O3S. The summed E-state index contributed by atoms with van der Waals surface area (Å²) >= 11 is 5.97. The summed E-state index contributed by atoms with van der Waals surface area (Å²) in [6, 6.07) is 5.73. The fourth-order valence-electron chi connectivity index (χ4n) is 2.90. The smallest absolute Gasteiger partial charge is 0.243 e. The number of carbonyl (C=O) groups is 1. The maximum atomic E-state index is 12.6. The molecular weight excluding hydrogens is 350 g/mol. The minimum atomic E-state index is -3.62. The van der Waals surface area contributed by atoms with Gasteiger partial charge in [0.2, 0.25) is 15.9 Å². The number of amides is 1. The van der Waals surface area contributed by atoms with E-state index in [4.69, 9.17) is 11.6 Å². The van der Waals surface area contributed by atoms with E-state index in [9.17, 15) is 13.2 Å². The molecule has 0 aliphatic carbocycles. The standard InChI is InChI=1S/C16H24ClN3O3S/c1-12(16(21)18-14-7-9-19(2)10-8-14)20(24(3,22)23)15-6-4-5-13(17)11-15/h4-6,11-12,14H,7-10H2,1-3H3,(H,18,21)/t12-/m1/s1. The molecule has 24 heavy (non-hydrogen) atoms. The van der Waals surface area contributed by atoms with E-state index in [2.05, 4.69) is 10.2 Å². The van der Waals surface area contributed by atoms with Gasteiger partial charge in [-0.05, 0) is 58.1 Å². The first-order valence-electron chi connectivity index (χ1n) is 7.92. The number of hydrogen-bond donors (Lipinski definition) is 1. The Hall–Kier alpha value is -1.31. The van der Waals surface area contributed by atoms with Crippen LogP contribution in [0, 0.1) is 0 Å². The van der Waals surface area contributed by atoms with Gasteiger partial charge in [0.15, 0.2) is 0 Å². The fourth-order valence-corrected chi connectivity index (χ4v) is 4.25. The van der Waals surface area contributed by atoms with Gasteiger partial charge in [-0.1, -0.05) is 17.7 Å². The molecule has 0 aromatic heterocycles. The molecule has 0 spiro atoms. The number of anilines is 1. The van der Waals surface area contributed by atoms with Crippen LogP contribution in [0.15, 0.2) is 24.3 Å². The first-order chi connectivity index (χ1) is 11.2. The van der Waals surface area contributed by atoms with Gasteiger partial charge in [0.05, 0.1) is 11.9 Å². The highest BCUT2D eigenvalue weighted by molar-refractivity contribution is 7.92. The minimum absolute atomic E-state index is 0.0805. The van der Waals surface area contributed by atoms with Crippen molar-refractivity contribution in [1.29, 1.82) is 0 Å². The van der Waals surface area contributed by atoms with Crippen LogP contribution in [0.2, 0.25) is 5.02 Å². The summed E-state index contributed by atoms with van der Waals surface area (Å²) in [6.07, 6.45) is 2.82. The number of likely N-dealkylation sites (tertiary alicyclic amines) is 1. The maximum absolute atomic E-state index is 12.6. The average Bonchev–Trinajstić information content (AvgIpc) is 2.48. The quantitative estimate of drug-likeness (QED) is 0.853.